The highest BCUT2D eigenvalue weighted by molar-refractivity contribution is 5.91. The van der Waals surface area contributed by atoms with Crippen molar-refractivity contribution in [3.05, 3.63) is 47.3 Å². The smallest absolute Gasteiger partial charge is 0.319 e. The molecule has 2 amide bonds. The number of hydrogen-bond acceptors (Lipinski definition) is 4. The van der Waals surface area contributed by atoms with Gasteiger partial charge in [0.2, 0.25) is 0 Å². The Hall–Kier alpha value is -3.09. The standard InChI is InChI=1S/C25H32FN5O/c1-6-7-8-9-10-27-25(32)30-22-13-19(16(4)11-21(22)26)20-12-18-14-28-23(15(2)3)31-24(18)29-17(20)5/h11-15H,6-10H2,1-5H3,(H2,27,30,32). The van der Waals surface area contributed by atoms with Gasteiger partial charge in [0.05, 0.1) is 5.69 Å². The molecule has 0 spiro atoms. The number of carbonyl (C=O) groups excluding carboxylic acids is 1. The number of nitrogens with one attached hydrogen (secondary N) is 2. The zero-order valence-corrected chi connectivity index (χ0v) is 19.6. The Balaban J connectivity index is 1.86. The normalized spacial score (nSPS) is 11.2. The van der Waals surface area contributed by atoms with Crippen LogP contribution in [0.25, 0.3) is 22.2 Å². The second kappa shape index (κ2) is 10.5. The minimum atomic E-state index is -0.469. The van der Waals surface area contributed by atoms with Gasteiger partial charge in [0, 0.05) is 35.3 Å². The van der Waals surface area contributed by atoms with Gasteiger partial charge in [0.15, 0.2) is 5.65 Å². The third kappa shape index (κ3) is 5.58. The molecule has 0 saturated heterocycles. The van der Waals surface area contributed by atoms with Gasteiger partial charge in [0.25, 0.3) is 0 Å². The summed E-state index contributed by atoms with van der Waals surface area (Å²) in [4.78, 5) is 25.9. The Kier molecular flexibility index (Phi) is 7.72. The van der Waals surface area contributed by atoms with Crippen LogP contribution in [-0.2, 0) is 0 Å². The van der Waals surface area contributed by atoms with Crippen molar-refractivity contribution in [2.75, 3.05) is 11.9 Å². The zero-order valence-electron chi connectivity index (χ0n) is 19.6. The van der Waals surface area contributed by atoms with Gasteiger partial charge in [-0.3, -0.25) is 0 Å². The molecule has 0 bridgehead atoms. The number of nitrogens with zero attached hydrogens (tertiary/aromatic N) is 3. The lowest BCUT2D eigenvalue weighted by Crippen LogP contribution is -2.29. The lowest BCUT2D eigenvalue weighted by atomic mass is 9.97. The molecule has 0 aliphatic rings. The Morgan fingerprint density at radius 3 is 2.56 bits per heavy atom. The first-order valence-electron chi connectivity index (χ1n) is 11.3. The molecule has 0 aliphatic heterocycles. The van der Waals surface area contributed by atoms with Crippen LogP contribution < -0.4 is 10.6 Å². The molecule has 0 saturated carbocycles. The number of carbonyl (C=O) groups is 1. The second-order valence-electron chi connectivity index (χ2n) is 8.51. The number of urea groups is 1. The van der Waals surface area contributed by atoms with Crippen molar-refractivity contribution in [2.45, 2.75) is 66.2 Å². The molecule has 32 heavy (non-hydrogen) atoms. The van der Waals surface area contributed by atoms with Crippen LogP contribution in [0.1, 0.15) is 69.5 Å². The van der Waals surface area contributed by atoms with Crippen LogP contribution in [0.15, 0.2) is 24.4 Å². The van der Waals surface area contributed by atoms with Gasteiger partial charge in [-0.15, -0.1) is 0 Å². The SMILES string of the molecule is CCCCCCNC(=O)Nc1cc(-c2cc3cnc(C(C)C)nc3nc2C)c(C)cc1F. The molecule has 3 aromatic rings. The van der Waals surface area contributed by atoms with Crippen LogP contribution in [0.3, 0.4) is 0 Å². The molecule has 2 N–H and O–H groups in total. The predicted octanol–water partition coefficient (Wildman–Crippen LogP) is 6.27. The van der Waals surface area contributed by atoms with E-state index in [1.807, 2.05) is 33.8 Å². The van der Waals surface area contributed by atoms with Gasteiger partial charge in [0.1, 0.15) is 11.6 Å². The first-order valence-corrected chi connectivity index (χ1v) is 11.3. The Morgan fingerprint density at radius 2 is 1.84 bits per heavy atom. The summed E-state index contributed by atoms with van der Waals surface area (Å²) >= 11 is 0. The maximum Gasteiger partial charge on any atom is 0.319 e. The fraction of sp³-hybridized carbons (Fsp3) is 0.440. The fourth-order valence-corrected chi connectivity index (χ4v) is 3.60. The number of rotatable bonds is 8. The van der Waals surface area contributed by atoms with Crippen LogP contribution in [0.4, 0.5) is 14.9 Å². The summed E-state index contributed by atoms with van der Waals surface area (Å²) in [7, 11) is 0. The third-order valence-electron chi connectivity index (χ3n) is 5.46. The van der Waals surface area contributed by atoms with Crippen molar-refractivity contribution in [2.24, 2.45) is 0 Å². The van der Waals surface area contributed by atoms with Gasteiger partial charge in [-0.1, -0.05) is 40.0 Å². The molecule has 0 fully saturated rings. The molecule has 2 heterocycles. The number of unbranched alkanes of at least 4 members (excludes halogenated alkanes) is 3. The number of amides is 2. The summed E-state index contributed by atoms with van der Waals surface area (Å²) in [5.41, 5.74) is 4.00. The molecule has 0 unspecified atom stereocenters. The zero-order chi connectivity index (χ0) is 23.3. The maximum absolute atomic E-state index is 14.6. The summed E-state index contributed by atoms with van der Waals surface area (Å²) in [6.45, 7) is 10.5. The number of hydrogen-bond donors (Lipinski definition) is 2. The molecule has 7 heteroatoms. The lowest BCUT2D eigenvalue weighted by Gasteiger charge is -2.15. The number of pyridine rings is 1. The predicted molar refractivity (Wildman–Crippen MR) is 127 cm³/mol. The van der Waals surface area contributed by atoms with Gasteiger partial charge in [-0.05, 0) is 49.6 Å². The summed E-state index contributed by atoms with van der Waals surface area (Å²) in [5.74, 6) is 0.498. The topological polar surface area (TPSA) is 79.8 Å². The molecule has 0 aliphatic carbocycles. The number of aromatic nitrogens is 3. The van der Waals surface area contributed by atoms with E-state index < -0.39 is 11.8 Å². The van der Waals surface area contributed by atoms with Crippen molar-refractivity contribution < 1.29 is 9.18 Å². The van der Waals surface area contributed by atoms with Crippen molar-refractivity contribution in [1.82, 2.24) is 20.3 Å². The Bertz CT molecular complexity index is 1110. The van der Waals surface area contributed by atoms with E-state index in [-0.39, 0.29) is 11.6 Å². The van der Waals surface area contributed by atoms with Crippen LogP contribution in [0, 0.1) is 19.7 Å². The largest absolute Gasteiger partial charge is 0.338 e. The fourth-order valence-electron chi connectivity index (χ4n) is 3.60. The van der Waals surface area contributed by atoms with E-state index in [1.54, 1.807) is 12.3 Å². The van der Waals surface area contributed by atoms with Crippen LogP contribution >= 0.6 is 0 Å². The van der Waals surface area contributed by atoms with E-state index >= 15 is 0 Å². The average Bonchev–Trinajstić information content (AvgIpc) is 2.74. The summed E-state index contributed by atoms with van der Waals surface area (Å²) in [6.07, 6.45) is 6.03. The molecular formula is C25H32FN5O. The Morgan fingerprint density at radius 1 is 1.06 bits per heavy atom. The second-order valence-corrected chi connectivity index (χ2v) is 8.51. The maximum atomic E-state index is 14.6. The molecule has 0 atom stereocenters. The van der Waals surface area contributed by atoms with Gasteiger partial charge < -0.3 is 10.6 Å². The molecule has 6 nitrogen and oxygen atoms in total. The minimum Gasteiger partial charge on any atom is -0.338 e. The molecule has 3 rings (SSSR count). The molecular weight excluding hydrogens is 405 g/mol. The Labute approximate surface area is 189 Å². The van der Waals surface area contributed by atoms with Gasteiger partial charge >= 0.3 is 6.03 Å². The van der Waals surface area contributed by atoms with E-state index in [0.717, 1.165) is 59.3 Å². The first-order chi connectivity index (χ1) is 15.3. The van der Waals surface area contributed by atoms with E-state index in [2.05, 4.69) is 32.5 Å². The number of aryl methyl sites for hydroxylation is 2. The van der Waals surface area contributed by atoms with E-state index in [9.17, 15) is 9.18 Å². The highest BCUT2D eigenvalue weighted by Gasteiger charge is 2.15. The van der Waals surface area contributed by atoms with Crippen LogP contribution in [0.2, 0.25) is 0 Å². The van der Waals surface area contributed by atoms with Crippen LogP contribution in [0.5, 0.6) is 0 Å². The molecule has 1 aromatic carbocycles. The summed E-state index contributed by atoms with van der Waals surface area (Å²) < 4.78 is 14.6. The third-order valence-corrected chi connectivity index (χ3v) is 5.46. The average molecular weight is 438 g/mol. The number of halogens is 1. The molecule has 0 radical (unpaired) electrons. The van der Waals surface area contributed by atoms with Crippen molar-refractivity contribution >= 4 is 22.8 Å². The van der Waals surface area contributed by atoms with Crippen molar-refractivity contribution in [3.8, 4) is 11.1 Å². The van der Waals surface area contributed by atoms with Gasteiger partial charge in [-0.2, -0.15) is 0 Å². The summed E-state index contributed by atoms with van der Waals surface area (Å²) in [5, 5.41) is 6.26. The van der Waals surface area contributed by atoms with Crippen molar-refractivity contribution in [3.63, 3.8) is 0 Å². The highest BCUT2D eigenvalue weighted by atomic mass is 19.1. The van der Waals surface area contributed by atoms with E-state index in [4.69, 9.17) is 0 Å². The number of anilines is 1. The number of benzene rings is 1. The number of fused-ring (bicyclic) bond motifs is 1. The van der Waals surface area contributed by atoms with E-state index in [1.165, 1.54) is 6.07 Å². The van der Waals surface area contributed by atoms with Gasteiger partial charge in [-0.25, -0.2) is 24.1 Å². The monoisotopic (exact) mass is 437 g/mol. The quantitative estimate of drug-likeness (QED) is 0.407. The first kappa shape index (κ1) is 23.6. The minimum absolute atomic E-state index is 0.141. The molecule has 170 valence electrons. The van der Waals surface area contributed by atoms with Crippen molar-refractivity contribution in [1.29, 1.82) is 0 Å². The lowest BCUT2D eigenvalue weighted by molar-refractivity contribution is 0.251. The van der Waals surface area contributed by atoms with Crippen LogP contribution in [-0.4, -0.2) is 27.5 Å². The highest BCUT2D eigenvalue weighted by Crippen LogP contribution is 2.32. The molecule has 2 aromatic heterocycles. The van der Waals surface area contributed by atoms with E-state index in [0.29, 0.717) is 12.2 Å². The summed E-state index contributed by atoms with van der Waals surface area (Å²) in [6, 6.07) is 4.67.